The summed E-state index contributed by atoms with van der Waals surface area (Å²) in [6.45, 7) is 2.77. The Hall–Kier alpha value is -3.94. The molecule has 0 bridgehead atoms. The van der Waals surface area contributed by atoms with E-state index in [4.69, 9.17) is 4.74 Å². The predicted octanol–water partition coefficient (Wildman–Crippen LogP) is 2.32. The first-order valence-electron chi connectivity index (χ1n) is 10.4. The molecule has 0 saturated carbocycles. The molecule has 2 N–H and O–H groups in total. The Kier molecular flexibility index (Phi) is 3.69. The summed E-state index contributed by atoms with van der Waals surface area (Å²) in [7, 11) is 0. The Bertz CT molecular complexity index is 1330. The molecule has 0 unspecified atom stereocenters. The number of nitrogens with zero attached hydrogens (tertiary/aromatic N) is 1. The van der Waals surface area contributed by atoms with Gasteiger partial charge in [-0.3, -0.25) is 9.59 Å². The zero-order valence-electron chi connectivity index (χ0n) is 17.1. The molecule has 0 radical (unpaired) electrons. The van der Waals surface area contributed by atoms with Crippen molar-refractivity contribution >= 4 is 29.0 Å². The lowest BCUT2D eigenvalue weighted by molar-refractivity contribution is -0.140. The predicted molar refractivity (Wildman–Crippen MR) is 113 cm³/mol. The van der Waals surface area contributed by atoms with E-state index in [1.165, 1.54) is 18.2 Å². The average molecular weight is 431 g/mol. The maximum atomic E-state index is 14.5. The monoisotopic (exact) mass is 431 g/mol. The fraction of sp³-hybridized carbons (Fsp3) is 0.208. The van der Waals surface area contributed by atoms with Crippen molar-refractivity contribution in [1.29, 1.82) is 0 Å². The highest BCUT2D eigenvalue weighted by atomic mass is 19.1. The van der Waals surface area contributed by atoms with Crippen LogP contribution in [0.5, 0.6) is 0 Å². The molecule has 1 fully saturated rings. The number of ketones is 1. The molecule has 0 aromatic heterocycles. The minimum atomic E-state index is -1.82. The second-order valence-electron chi connectivity index (χ2n) is 8.01. The Labute approximate surface area is 182 Å². The molecule has 1 saturated heterocycles. The third-order valence-corrected chi connectivity index (χ3v) is 6.50. The molecule has 1 amide bonds. The summed E-state index contributed by atoms with van der Waals surface area (Å²) >= 11 is 0. The summed E-state index contributed by atoms with van der Waals surface area (Å²) in [6.07, 6.45) is 0. The van der Waals surface area contributed by atoms with Gasteiger partial charge in [-0.1, -0.05) is 24.3 Å². The van der Waals surface area contributed by atoms with Crippen LogP contribution in [-0.2, 0) is 19.7 Å². The number of anilines is 1. The largest absolute Gasteiger partial charge is 0.462 e. The van der Waals surface area contributed by atoms with Crippen molar-refractivity contribution < 1.29 is 23.5 Å². The van der Waals surface area contributed by atoms with Crippen LogP contribution in [0.1, 0.15) is 28.4 Å². The van der Waals surface area contributed by atoms with Crippen LogP contribution in [0.15, 0.2) is 59.4 Å². The summed E-state index contributed by atoms with van der Waals surface area (Å²) in [5.41, 5.74) is 0.666. The number of fused-ring (bicyclic) bond motifs is 7. The fourth-order valence-electron chi connectivity index (χ4n) is 5.36. The summed E-state index contributed by atoms with van der Waals surface area (Å²) < 4.78 is 19.8. The van der Waals surface area contributed by atoms with E-state index >= 15 is 0 Å². The molecule has 7 nitrogen and oxygen atoms in total. The van der Waals surface area contributed by atoms with Gasteiger partial charge in [0.1, 0.15) is 22.6 Å². The lowest BCUT2D eigenvalue weighted by atomic mass is 9.66. The third kappa shape index (κ3) is 2.06. The van der Waals surface area contributed by atoms with Crippen molar-refractivity contribution in [1.82, 2.24) is 10.2 Å². The summed E-state index contributed by atoms with van der Waals surface area (Å²) in [5.74, 6) is -1.80. The molecule has 32 heavy (non-hydrogen) atoms. The van der Waals surface area contributed by atoms with Crippen LogP contribution in [0.4, 0.5) is 10.1 Å². The SMILES string of the molecule is CCOC(=O)C1=C2NCCN2C2=C(C(=O)c3ccccc32)[C@@]12C(=O)Nc1ccc(F)cc12. The maximum absolute atomic E-state index is 14.5. The molecule has 1 atom stereocenters. The topological polar surface area (TPSA) is 87.7 Å². The molecule has 160 valence electrons. The zero-order valence-corrected chi connectivity index (χ0v) is 17.1. The molecular weight excluding hydrogens is 413 g/mol. The number of carbonyl (C=O) groups is 3. The van der Waals surface area contributed by atoms with Crippen molar-refractivity contribution in [3.05, 3.63) is 81.9 Å². The summed E-state index contributed by atoms with van der Waals surface area (Å²) in [6, 6.07) is 11.0. The van der Waals surface area contributed by atoms with Crippen LogP contribution in [0.3, 0.4) is 0 Å². The number of benzene rings is 2. The van der Waals surface area contributed by atoms with Crippen LogP contribution in [0, 0.1) is 5.82 Å². The van der Waals surface area contributed by atoms with E-state index in [0.717, 1.165) is 0 Å². The van der Waals surface area contributed by atoms with Gasteiger partial charge in [0.2, 0.25) is 5.91 Å². The fourth-order valence-corrected chi connectivity index (χ4v) is 5.36. The lowest BCUT2D eigenvalue weighted by Crippen LogP contribution is -2.49. The number of halogens is 1. The van der Waals surface area contributed by atoms with Gasteiger partial charge in [0.25, 0.3) is 0 Å². The van der Waals surface area contributed by atoms with E-state index < -0.39 is 23.1 Å². The number of rotatable bonds is 2. The first kappa shape index (κ1) is 18.8. The molecule has 3 aliphatic heterocycles. The van der Waals surface area contributed by atoms with Gasteiger partial charge in [0.15, 0.2) is 5.78 Å². The number of hydrogen-bond acceptors (Lipinski definition) is 6. The van der Waals surface area contributed by atoms with Gasteiger partial charge in [-0.2, -0.15) is 0 Å². The quantitative estimate of drug-likeness (QED) is 0.710. The van der Waals surface area contributed by atoms with Gasteiger partial charge in [0.05, 0.1) is 12.3 Å². The van der Waals surface area contributed by atoms with Crippen LogP contribution in [0.2, 0.25) is 0 Å². The Balaban J connectivity index is 1.76. The van der Waals surface area contributed by atoms with Crippen molar-refractivity contribution in [2.45, 2.75) is 12.3 Å². The van der Waals surface area contributed by atoms with E-state index in [0.29, 0.717) is 41.4 Å². The van der Waals surface area contributed by atoms with Crippen LogP contribution < -0.4 is 10.6 Å². The maximum Gasteiger partial charge on any atom is 0.339 e. The zero-order chi connectivity index (χ0) is 22.2. The number of Topliss-reactive ketones (excluding diaryl/α,β-unsaturated/α-hetero) is 1. The van der Waals surface area contributed by atoms with E-state index in [1.54, 1.807) is 19.1 Å². The van der Waals surface area contributed by atoms with Crippen molar-refractivity contribution in [3.63, 3.8) is 0 Å². The minimum absolute atomic E-state index is 0.0126. The second-order valence-corrected chi connectivity index (χ2v) is 8.01. The van der Waals surface area contributed by atoms with Gasteiger partial charge in [0, 0.05) is 41.0 Å². The first-order chi connectivity index (χ1) is 15.5. The Morgan fingerprint density at radius 1 is 1.19 bits per heavy atom. The Morgan fingerprint density at radius 2 is 1.97 bits per heavy atom. The van der Waals surface area contributed by atoms with E-state index in [2.05, 4.69) is 10.6 Å². The average Bonchev–Trinajstić information content (AvgIpc) is 3.44. The van der Waals surface area contributed by atoms with Gasteiger partial charge >= 0.3 is 5.97 Å². The van der Waals surface area contributed by atoms with Gasteiger partial charge in [-0.05, 0) is 25.1 Å². The number of ether oxygens (including phenoxy) is 1. The number of esters is 1. The minimum Gasteiger partial charge on any atom is -0.462 e. The first-order valence-corrected chi connectivity index (χ1v) is 10.4. The van der Waals surface area contributed by atoms with Crippen molar-refractivity contribution in [2.75, 3.05) is 25.0 Å². The van der Waals surface area contributed by atoms with Gasteiger partial charge in [-0.25, -0.2) is 9.18 Å². The molecule has 4 aliphatic rings. The summed E-state index contributed by atoms with van der Waals surface area (Å²) in [4.78, 5) is 42.8. The second kappa shape index (κ2) is 6.29. The number of hydrogen-bond donors (Lipinski definition) is 2. The molecule has 1 spiro atoms. The molecule has 2 aromatic rings. The van der Waals surface area contributed by atoms with Crippen LogP contribution >= 0.6 is 0 Å². The lowest BCUT2D eigenvalue weighted by Gasteiger charge is -2.39. The third-order valence-electron chi connectivity index (χ3n) is 6.50. The van der Waals surface area contributed by atoms with Crippen molar-refractivity contribution in [3.8, 4) is 0 Å². The highest BCUT2D eigenvalue weighted by molar-refractivity contribution is 6.31. The number of amides is 1. The molecule has 3 heterocycles. The van der Waals surface area contributed by atoms with Crippen molar-refractivity contribution in [2.24, 2.45) is 0 Å². The highest BCUT2D eigenvalue weighted by Crippen LogP contribution is 2.58. The Morgan fingerprint density at radius 3 is 2.75 bits per heavy atom. The molecule has 8 heteroatoms. The van der Waals surface area contributed by atoms with Crippen LogP contribution in [-0.4, -0.2) is 42.3 Å². The summed E-state index contributed by atoms with van der Waals surface area (Å²) in [5, 5.41) is 5.98. The molecular formula is C24H18FN3O4. The smallest absolute Gasteiger partial charge is 0.339 e. The normalized spacial score (nSPS) is 22.5. The van der Waals surface area contributed by atoms with Gasteiger partial charge < -0.3 is 20.3 Å². The molecule has 1 aliphatic carbocycles. The molecule has 6 rings (SSSR count). The molecule has 2 aromatic carbocycles. The van der Waals surface area contributed by atoms with Gasteiger partial charge in [-0.15, -0.1) is 0 Å². The van der Waals surface area contributed by atoms with Crippen LogP contribution in [0.25, 0.3) is 5.70 Å². The standard InChI is InChI=1S/C24H18FN3O4/c1-2-32-22(30)18-21-26-9-10-28(21)19-13-5-3-4-6-14(13)20(29)17(19)24(18)15-11-12(25)7-8-16(15)27-23(24)31/h3-8,11,26H,2,9-10H2,1H3,(H,27,31)/t24-/m1/s1. The van der Waals surface area contributed by atoms with E-state index in [-0.39, 0.29) is 29.1 Å². The van der Waals surface area contributed by atoms with E-state index in [9.17, 15) is 18.8 Å². The highest BCUT2D eigenvalue weighted by Gasteiger charge is 2.64. The number of nitrogens with one attached hydrogen (secondary N) is 2. The number of carbonyl (C=O) groups excluding carboxylic acids is 3. The van der Waals surface area contributed by atoms with E-state index in [1.807, 2.05) is 17.0 Å².